The summed E-state index contributed by atoms with van der Waals surface area (Å²) >= 11 is 0. The quantitative estimate of drug-likeness (QED) is 0.811. The van der Waals surface area contributed by atoms with Crippen LogP contribution in [0.15, 0.2) is 60.7 Å². The molecule has 0 aliphatic carbocycles. The minimum Gasteiger partial charge on any atom is -0.335 e. The van der Waals surface area contributed by atoms with Gasteiger partial charge in [-0.25, -0.2) is 9.59 Å². The topological polar surface area (TPSA) is 73.5 Å². The molecular formula is C18H20N4O2. The smallest absolute Gasteiger partial charge is 0.323 e. The molecule has 0 radical (unpaired) electrons. The molecule has 0 unspecified atom stereocenters. The molecule has 1 saturated heterocycles. The molecule has 3 N–H and O–H groups in total. The van der Waals surface area contributed by atoms with Gasteiger partial charge in [0.25, 0.3) is 0 Å². The van der Waals surface area contributed by atoms with Crippen LogP contribution in [0, 0.1) is 0 Å². The Morgan fingerprint density at radius 3 is 2.38 bits per heavy atom. The minimum atomic E-state index is -0.417. The van der Waals surface area contributed by atoms with Gasteiger partial charge in [-0.05, 0) is 31.2 Å². The van der Waals surface area contributed by atoms with Crippen LogP contribution in [0.2, 0.25) is 0 Å². The maximum Gasteiger partial charge on any atom is 0.323 e. The first-order valence-corrected chi connectivity index (χ1v) is 7.91. The summed E-state index contributed by atoms with van der Waals surface area (Å²) in [6, 6.07) is 17.9. The van der Waals surface area contributed by atoms with Crippen LogP contribution in [0.3, 0.4) is 0 Å². The van der Waals surface area contributed by atoms with Crippen LogP contribution in [0.4, 0.5) is 21.0 Å². The first-order valence-electron chi connectivity index (χ1n) is 7.91. The fourth-order valence-electron chi connectivity index (χ4n) is 2.77. The van der Waals surface area contributed by atoms with Gasteiger partial charge in [0.2, 0.25) is 0 Å². The molecule has 24 heavy (non-hydrogen) atoms. The lowest BCUT2D eigenvalue weighted by molar-refractivity contribution is 0.223. The fraction of sp³-hybridized carbons (Fsp3) is 0.222. The van der Waals surface area contributed by atoms with Crippen LogP contribution in [0.1, 0.15) is 13.3 Å². The number of nitrogens with one attached hydrogen (secondary N) is 3. The maximum absolute atomic E-state index is 12.4. The normalized spacial score (nSPS) is 20.2. The largest absolute Gasteiger partial charge is 0.335 e. The second-order valence-electron chi connectivity index (χ2n) is 5.77. The summed E-state index contributed by atoms with van der Waals surface area (Å²) in [6.45, 7) is 1.92. The second kappa shape index (κ2) is 7.04. The van der Waals surface area contributed by atoms with E-state index in [-0.39, 0.29) is 18.1 Å². The zero-order valence-corrected chi connectivity index (χ0v) is 13.4. The van der Waals surface area contributed by atoms with Gasteiger partial charge in [-0.15, -0.1) is 0 Å². The van der Waals surface area contributed by atoms with Crippen molar-refractivity contribution in [2.24, 2.45) is 0 Å². The van der Waals surface area contributed by atoms with Crippen LogP contribution in [0.25, 0.3) is 0 Å². The van der Waals surface area contributed by atoms with Gasteiger partial charge in [0.15, 0.2) is 0 Å². The second-order valence-corrected chi connectivity index (χ2v) is 5.77. The number of nitrogens with zero attached hydrogens (tertiary/aromatic N) is 1. The number of carbonyl (C=O) groups excluding carboxylic acids is 2. The fourth-order valence-corrected chi connectivity index (χ4v) is 2.77. The third-order valence-corrected chi connectivity index (χ3v) is 3.84. The Morgan fingerprint density at radius 2 is 1.71 bits per heavy atom. The number of benzene rings is 2. The highest BCUT2D eigenvalue weighted by atomic mass is 16.2. The molecule has 1 heterocycles. The summed E-state index contributed by atoms with van der Waals surface area (Å²) in [5.74, 6) is 0. The molecule has 0 aromatic heterocycles. The summed E-state index contributed by atoms with van der Waals surface area (Å²) in [5, 5.41) is 8.57. The molecule has 0 bridgehead atoms. The predicted octanol–water partition coefficient (Wildman–Crippen LogP) is 3.14. The lowest BCUT2D eigenvalue weighted by atomic mass is 10.1. The zero-order valence-electron chi connectivity index (χ0n) is 13.4. The molecule has 2 aromatic carbocycles. The highest BCUT2D eigenvalue weighted by Gasteiger charge is 2.33. The van der Waals surface area contributed by atoms with E-state index in [9.17, 15) is 9.59 Å². The Bertz CT molecular complexity index is 705. The van der Waals surface area contributed by atoms with E-state index in [0.29, 0.717) is 12.1 Å². The first kappa shape index (κ1) is 15.9. The summed E-state index contributed by atoms with van der Waals surface area (Å²) < 4.78 is 0. The van der Waals surface area contributed by atoms with Crippen molar-refractivity contribution in [1.82, 2.24) is 10.6 Å². The predicted molar refractivity (Wildman–Crippen MR) is 93.9 cm³/mol. The average Bonchev–Trinajstić information content (AvgIpc) is 2.56. The summed E-state index contributed by atoms with van der Waals surface area (Å²) in [7, 11) is 0. The maximum atomic E-state index is 12.4. The number of urea groups is 2. The number of anilines is 2. The number of para-hydroxylation sites is 2. The van der Waals surface area contributed by atoms with E-state index in [2.05, 4.69) is 16.0 Å². The Morgan fingerprint density at radius 1 is 1.08 bits per heavy atom. The van der Waals surface area contributed by atoms with Crippen molar-refractivity contribution >= 4 is 23.4 Å². The van der Waals surface area contributed by atoms with Gasteiger partial charge in [-0.2, -0.15) is 0 Å². The van der Waals surface area contributed by atoms with Gasteiger partial charge in [-0.1, -0.05) is 36.4 Å². The van der Waals surface area contributed by atoms with Crippen molar-refractivity contribution in [2.75, 3.05) is 10.2 Å². The molecule has 6 heteroatoms. The Labute approximate surface area is 140 Å². The summed E-state index contributed by atoms with van der Waals surface area (Å²) in [6.07, 6.45) is 0.197. The SMILES string of the molecule is C[C@@H]1C[C@@H](NC(=O)Nc2ccccc2)N(c2ccccc2)C(=O)N1. The molecule has 124 valence electrons. The molecule has 3 rings (SSSR count). The van der Waals surface area contributed by atoms with Gasteiger partial charge in [0, 0.05) is 23.8 Å². The van der Waals surface area contributed by atoms with Crippen LogP contribution in [-0.2, 0) is 0 Å². The van der Waals surface area contributed by atoms with Gasteiger partial charge >= 0.3 is 12.1 Å². The third-order valence-electron chi connectivity index (χ3n) is 3.84. The minimum absolute atomic E-state index is 0.0144. The molecule has 2 atom stereocenters. The Kier molecular flexibility index (Phi) is 4.65. The van der Waals surface area contributed by atoms with Gasteiger partial charge in [-0.3, -0.25) is 4.90 Å². The van der Waals surface area contributed by atoms with Gasteiger partial charge in [0.05, 0.1) is 0 Å². The number of rotatable bonds is 3. The van der Waals surface area contributed by atoms with Crippen molar-refractivity contribution in [2.45, 2.75) is 25.6 Å². The van der Waals surface area contributed by atoms with Gasteiger partial charge < -0.3 is 16.0 Å². The zero-order chi connectivity index (χ0) is 16.9. The van der Waals surface area contributed by atoms with Crippen LogP contribution >= 0.6 is 0 Å². The highest BCUT2D eigenvalue weighted by molar-refractivity contribution is 5.95. The van der Waals surface area contributed by atoms with Crippen molar-refractivity contribution in [3.63, 3.8) is 0 Å². The number of amides is 4. The van der Waals surface area contributed by atoms with Crippen LogP contribution < -0.4 is 20.9 Å². The van der Waals surface area contributed by atoms with E-state index < -0.39 is 6.17 Å². The Hall–Kier alpha value is -3.02. The number of hydrogen-bond acceptors (Lipinski definition) is 2. The molecule has 1 aliphatic rings. The average molecular weight is 324 g/mol. The van der Waals surface area contributed by atoms with E-state index in [4.69, 9.17) is 0 Å². The van der Waals surface area contributed by atoms with E-state index in [1.165, 1.54) is 0 Å². The molecule has 4 amide bonds. The molecular weight excluding hydrogens is 304 g/mol. The van der Waals surface area contributed by atoms with Gasteiger partial charge in [0.1, 0.15) is 6.17 Å². The third kappa shape index (κ3) is 3.65. The standard InChI is InChI=1S/C18H20N4O2/c1-13-12-16(21-17(23)20-14-8-4-2-5-9-14)22(18(24)19-13)15-10-6-3-7-11-15/h2-11,13,16H,12H2,1H3,(H,19,24)(H2,20,21,23)/t13-,16+/m1/s1. The molecule has 6 nitrogen and oxygen atoms in total. The molecule has 2 aromatic rings. The number of hydrogen-bond donors (Lipinski definition) is 3. The van der Waals surface area contributed by atoms with Crippen molar-refractivity contribution in [1.29, 1.82) is 0 Å². The first-order chi connectivity index (χ1) is 11.6. The van der Waals surface area contributed by atoms with Crippen molar-refractivity contribution < 1.29 is 9.59 Å². The van der Waals surface area contributed by atoms with E-state index in [1.54, 1.807) is 4.90 Å². The van der Waals surface area contributed by atoms with Crippen LogP contribution in [-0.4, -0.2) is 24.3 Å². The summed E-state index contributed by atoms with van der Waals surface area (Å²) in [5.41, 5.74) is 1.45. The van der Waals surface area contributed by atoms with Crippen molar-refractivity contribution in [3.05, 3.63) is 60.7 Å². The van der Waals surface area contributed by atoms with E-state index in [1.807, 2.05) is 67.6 Å². The van der Waals surface area contributed by atoms with Crippen LogP contribution in [0.5, 0.6) is 0 Å². The van der Waals surface area contributed by atoms with Crippen molar-refractivity contribution in [3.8, 4) is 0 Å². The van der Waals surface area contributed by atoms with E-state index in [0.717, 1.165) is 5.69 Å². The summed E-state index contributed by atoms with van der Waals surface area (Å²) in [4.78, 5) is 26.3. The lowest BCUT2D eigenvalue weighted by Crippen LogP contribution is -2.62. The molecule has 0 spiro atoms. The van der Waals surface area contributed by atoms with E-state index >= 15 is 0 Å². The molecule has 1 aliphatic heterocycles. The monoisotopic (exact) mass is 324 g/mol. The molecule has 0 saturated carbocycles. The molecule has 1 fully saturated rings. The number of carbonyl (C=O) groups is 2. The Balaban J connectivity index is 1.75. The highest BCUT2D eigenvalue weighted by Crippen LogP contribution is 2.21. The lowest BCUT2D eigenvalue weighted by Gasteiger charge is -2.39.